The monoisotopic (exact) mass is 745 g/mol. The van der Waals surface area contributed by atoms with E-state index in [0.717, 1.165) is 25.6 Å². The van der Waals surface area contributed by atoms with Crippen molar-refractivity contribution in [1.82, 2.24) is 10.7 Å². The lowest BCUT2D eigenvalue weighted by molar-refractivity contribution is -0.132. The first-order valence-electron chi connectivity index (χ1n) is 13.1. The largest absolute Gasteiger partial charge is 0.488 e. The van der Waals surface area contributed by atoms with Crippen LogP contribution in [0.5, 0.6) is 11.5 Å². The molecule has 43 heavy (non-hydrogen) atoms. The van der Waals surface area contributed by atoms with Crippen LogP contribution in [0.4, 0.5) is 0 Å². The number of rotatable bonds is 12. The summed E-state index contributed by atoms with van der Waals surface area (Å²) in [5.74, 6) is -0.00309. The molecule has 0 saturated carbocycles. The van der Waals surface area contributed by atoms with Crippen LogP contribution in [0.1, 0.15) is 23.6 Å². The Morgan fingerprint density at radius 1 is 0.884 bits per heavy atom. The molecule has 7 nitrogen and oxygen atoms in total. The van der Waals surface area contributed by atoms with Crippen molar-refractivity contribution in [3.05, 3.63) is 127 Å². The summed E-state index contributed by atoms with van der Waals surface area (Å²) in [6.45, 7) is 1.99. The topological polar surface area (TPSA) is 89.0 Å². The number of carbonyl (C=O) groups is 2. The SMILES string of the molecule is C[C@H](Oc1ccc(Cl)cc1Cl)C(=O)N[C@H](Cc1ccccc1)C(=O)N/N=C\c1ccc(OCc2ccc(Br)cc2)c(Br)c1. The quantitative estimate of drug-likeness (QED) is 0.115. The van der Waals surface area contributed by atoms with E-state index in [0.29, 0.717) is 23.1 Å². The Morgan fingerprint density at radius 3 is 2.30 bits per heavy atom. The Hall–Kier alpha value is -3.37. The number of hydrogen-bond acceptors (Lipinski definition) is 5. The first kappa shape index (κ1) is 32.5. The Bertz CT molecular complexity index is 1590. The summed E-state index contributed by atoms with van der Waals surface area (Å²) in [5, 5.41) is 7.60. The number of benzene rings is 4. The Morgan fingerprint density at radius 2 is 1.60 bits per heavy atom. The van der Waals surface area contributed by atoms with E-state index < -0.39 is 24.0 Å². The highest BCUT2D eigenvalue weighted by Gasteiger charge is 2.25. The molecule has 0 aliphatic rings. The fourth-order valence-electron chi connectivity index (χ4n) is 3.87. The van der Waals surface area contributed by atoms with Crippen molar-refractivity contribution >= 4 is 73.1 Å². The van der Waals surface area contributed by atoms with Crippen LogP contribution in [-0.4, -0.2) is 30.2 Å². The molecule has 222 valence electrons. The Balaban J connectivity index is 1.38. The van der Waals surface area contributed by atoms with Crippen LogP contribution in [0.2, 0.25) is 10.0 Å². The zero-order valence-electron chi connectivity index (χ0n) is 22.9. The standard InChI is InChI=1S/C32H27Br2Cl2N3O4/c1-20(43-30-14-12-25(35)17-27(30)36)31(40)38-28(16-21-5-3-2-4-6-21)32(41)39-37-18-23-9-13-29(26(34)15-23)42-19-22-7-10-24(33)11-8-22/h2-15,17-18,20,28H,16,19H2,1H3,(H,38,40)(H,39,41)/b37-18-/t20-,28+/m0/s1. The molecular formula is C32H27Br2Cl2N3O4. The van der Waals surface area contributed by atoms with Gasteiger partial charge in [-0.05, 0) is 88.1 Å². The molecule has 0 spiro atoms. The zero-order chi connectivity index (χ0) is 30.8. The highest BCUT2D eigenvalue weighted by molar-refractivity contribution is 9.10. The van der Waals surface area contributed by atoms with Gasteiger partial charge < -0.3 is 14.8 Å². The average Bonchev–Trinajstić information content (AvgIpc) is 2.99. The molecule has 2 N–H and O–H groups in total. The molecule has 4 rings (SSSR count). The number of halogens is 4. The normalized spacial score (nSPS) is 12.4. The minimum atomic E-state index is -0.935. The molecule has 11 heteroatoms. The van der Waals surface area contributed by atoms with Gasteiger partial charge in [0.2, 0.25) is 0 Å². The van der Waals surface area contributed by atoms with Gasteiger partial charge in [0.05, 0.1) is 15.7 Å². The van der Waals surface area contributed by atoms with E-state index in [1.165, 1.54) is 12.3 Å². The van der Waals surface area contributed by atoms with Gasteiger partial charge in [-0.2, -0.15) is 5.10 Å². The molecule has 0 radical (unpaired) electrons. The summed E-state index contributed by atoms with van der Waals surface area (Å²) in [7, 11) is 0. The predicted octanol–water partition coefficient (Wildman–Crippen LogP) is 7.74. The van der Waals surface area contributed by atoms with Crippen LogP contribution in [0.15, 0.2) is 105 Å². The fourth-order valence-corrected chi connectivity index (χ4v) is 5.10. The minimum Gasteiger partial charge on any atom is -0.488 e. The van der Waals surface area contributed by atoms with Gasteiger partial charge in [0.1, 0.15) is 24.1 Å². The summed E-state index contributed by atoms with van der Waals surface area (Å²) >= 11 is 19.1. The number of nitrogens with zero attached hydrogens (tertiary/aromatic N) is 1. The lowest BCUT2D eigenvalue weighted by Gasteiger charge is -2.21. The van der Waals surface area contributed by atoms with Gasteiger partial charge in [0.25, 0.3) is 11.8 Å². The molecule has 0 aromatic heterocycles. The highest BCUT2D eigenvalue weighted by Crippen LogP contribution is 2.29. The number of hydrazone groups is 1. The maximum Gasteiger partial charge on any atom is 0.262 e. The molecule has 4 aromatic carbocycles. The van der Waals surface area contributed by atoms with E-state index in [2.05, 4.69) is 47.7 Å². The summed E-state index contributed by atoms with van der Waals surface area (Å²) in [5.41, 5.74) is 5.17. The minimum absolute atomic E-state index is 0.248. The molecule has 2 atom stereocenters. The Kier molecular flexibility index (Phi) is 12.0. The maximum absolute atomic E-state index is 13.2. The molecule has 0 aliphatic heterocycles. The second-order valence-corrected chi connectivity index (χ2v) is 12.0. The van der Waals surface area contributed by atoms with Crippen molar-refractivity contribution in [1.29, 1.82) is 0 Å². The van der Waals surface area contributed by atoms with Crippen molar-refractivity contribution in [2.75, 3.05) is 0 Å². The summed E-state index contributed by atoms with van der Waals surface area (Å²) in [4.78, 5) is 26.2. The van der Waals surface area contributed by atoms with Crippen LogP contribution >= 0.6 is 55.1 Å². The van der Waals surface area contributed by atoms with Gasteiger partial charge in [0.15, 0.2) is 6.10 Å². The highest BCUT2D eigenvalue weighted by atomic mass is 79.9. The molecule has 0 heterocycles. The van der Waals surface area contributed by atoms with Crippen LogP contribution in [0, 0.1) is 0 Å². The summed E-state index contributed by atoms with van der Waals surface area (Å²) < 4.78 is 13.4. The number of amides is 2. The Labute approximate surface area is 276 Å². The van der Waals surface area contributed by atoms with Crippen LogP contribution in [0.3, 0.4) is 0 Å². The number of nitrogens with one attached hydrogen (secondary N) is 2. The van der Waals surface area contributed by atoms with Crippen LogP contribution in [-0.2, 0) is 22.6 Å². The molecule has 0 aliphatic carbocycles. The van der Waals surface area contributed by atoms with E-state index in [4.69, 9.17) is 32.7 Å². The van der Waals surface area contributed by atoms with E-state index in [9.17, 15) is 9.59 Å². The molecule has 0 saturated heterocycles. The van der Waals surface area contributed by atoms with E-state index in [1.807, 2.05) is 72.8 Å². The van der Waals surface area contributed by atoms with Crippen molar-refractivity contribution in [3.8, 4) is 11.5 Å². The summed E-state index contributed by atoms with van der Waals surface area (Å²) in [6.07, 6.45) is 0.824. The van der Waals surface area contributed by atoms with Crippen LogP contribution < -0.4 is 20.2 Å². The zero-order valence-corrected chi connectivity index (χ0v) is 27.6. The van der Waals surface area contributed by atoms with E-state index in [-0.39, 0.29) is 11.4 Å². The van der Waals surface area contributed by atoms with E-state index in [1.54, 1.807) is 19.1 Å². The lowest BCUT2D eigenvalue weighted by Crippen LogP contribution is -2.50. The summed E-state index contributed by atoms with van der Waals surface area (Å²) in [6, 6.07) is 26.5. The van der Waals surface area contributed by atoms with E-state index >= 15 is 0 Å². The van der Waals surface area contributed by atoms with Gasteiger partial charge in [-0.25, -0.2) is 5.43 Å². The van der Waals surface area contributed by atoms with Crippen molar-refractivity contribution in [3.63, 3.8) is 0 Å². The smallest absolute Gasteiger partial charge is 0.262 e. The molecule has 0 bridgehead atoms. The van der Waals surface area contributed by atoms with Crippen molar-refractivity contribution < 1.29 is 19.1 Å². The third-order valence-electron chi connectivity index (χ3n) is 6.13. The average molecular weight is 748 g/mol. The van der Waals surface area contributed by atoms with Gasteiger partial charge in [0, 0.05) is 15.9 Å². The first-order chi connectivity index (χ1) is 20.7. The molecular weight excluding hydrogens is 721 g/mol. The second-order valence-electron chi connectivity index (χ2n) is 9.42. The predicted molar refractivity (Wildman–Crippen MR) is 177 cm³/mol. The molecule has 2 amide bonds. The van der Waals surface area contributed by atoms with Crippen molar-refractivity contribution in [2.45, 2.75) is 32.1 Å². The van der Waals surface area contributed by atoms with Crippen molar-refractivity contribution in [2.24, 2.45) is 5.10 Å². The molecule has 0 unspecified atom stereocenters. The second kappa shape index (κ2) is 15.9. The number of ether oxygens (including phenoxy) is 2. The first-order valence-corrected chi connectivity index (χ1v) is 15.5. The van der Waals surface area contributed by atoms with Gasteiger partial charge in [-0.15, -0.1) is 0 Å². The fraction of sp³-hybridized carbons (Fsp3) is 0.156. The van der Waals surface area contributed by atoms with Crippen LogP contribution in [0.25, 0.3) is 0 Å². The number of hydrogen-bond donors (Lipinski definition) is 2. The third kappa shape index (κ3) is 10.1. The lowest BCUT2D eigenvalue weighted by atomic mass is 10.1. The van der Waals surface area contributed by atoms with Gasteiger partial charge in [-0.1, -0.05) is 81.6 Å². The van der Waals surface area contributed by atoms with Gasteiger partial charge in [-0.3, -0.25) is 9.59 Å². The van der Waals surface area contributed by atoms with Gasteiger partial charge >= 0.3 is 0 Å². The maximum atomic E-state index is 13.2. The molecule has 4 aromatic rings. The third-order valence-corrected chi connectivity index (χ3v) is 7.81. The number of carbonyl (C=O) groups excluding carboxylic acids is 2. The molecule has 0 fully saturated rings.